The molecule has 1 nitrogen and oxygen atoms in total. The van der Waals surface area contributed by atoms with E-state index in [1.807, 2.05) is 12.1 Å². The number of para-hydroxylation sites is 1. The molecule has 0 spiro atoms. The number of rotatable bonds is 2. The molecule has 2 aromatic rings. The van der Waals surface area contributed by atoms with Crippen LogP contribution in [0.25, 0.3) is 10.9 Å². The molecule has 0 saturated carbocycles. The van der Waals surface area contributed by atoms with Crippen molar-refractivity contribution >= 4 is 10.9 Å². The van der Waals surface area contributed by atoms with E-state index < -0.39 is 0 Å². The Morgan fingerprint density at radius 3 is 2.93 bits per heavy atom. The fourth-order valence-electron chi connectivity index (χ4n) is 1.78. The lowest BCUT2D eigenvalue weighted by atomic mass is 9.96. The topological polar surface area (TPSA) is 12.9 Å². The van der Waals surface area contributed by atoms with E-state index >= 15 is 0 Å². The molecule has 0 aliphatic rings. The molecule has 0 bridgehead atoms. The largest absolute Gasteiger partial charge is 0.253 e. The minimum atomic E-state index is -0.274. The van der Waals surface area contributed by atoms with Crippen LogP contribution in [0.2, 0.25) is 0 Å². The Morgan fingerprint density at radius 1 is 1.40 bits per heavy atom. The van der Waals surface area contributed by atoms with E-state index in [2.05, 4.69) is 24.9 Å². The quantitative estimate of drug-likeness (QED) is 0.721. The van der Waals surface area contributed by atoms with Gasteiger partial charge >= 0.3 is 0 Å². The van der Waals surface area contributed by atoms with Gasteiger partial charge in [-0.3, -0.25) is 4.98 Å². The predicted octanol–water partition coefficient (Wildman–Crippen LogP) is 3.89. The molecule has 0 fully saturated rings. The molecule has 1 heterocycles. The van der Waals surface area contributed by atoms with Crippen molar-refractivity contribution in [2.75, 3.05) is 0 Å². The molecule has 0 aliphatic heterocycles. The summed E-state index contributed by atoms with van der Waals surface area (Å²) in [6.45, 7) is 4.31. The average Bonchev–Trinajstić information content (AvgIpc) is 2.26. The molecule has 1 aromatic carbocycles. The second-order valence-corrected chi connectivity index (χ2v) is 3.88. The Labute approximate surface area is 89.0 Å². The first-order chi connectivity index (χ1) is 7.22. The van der Waals surface area contributed by atoms with Crippen molar-refractivity contribution in [3.05, 3.63) is 41.8 Å². The third-order valence-corrected chi connectivity index (χ3v) is 2.85. The van der Waals surface area contributed by atoms with Crippen molar-refractivity contribution < 1.29 is 4.39 Å². The average molecular weight is 203 g/mol. The third kappa shape index (κ3) is 1.84. The summed E-state index contributed by atoms with van der Waals surface area (Å²) in [4.78, 5) is 4.17. The van der Waals surface area contributed by atoms with Crippen LogP contribution in [-0.2, 0) is 0 Å². The van der Waals surface area contributed by atoms with E-state index in [4.69, 9.17) is 0 Å². The lowest BCUT2D eigenvalue weighted by molar-refractivity contribution is 0.624. The van der Waals surface area contributed by atoms with Gasteiger partial charge in [-0.25, -0.2) is 4.39 Å². The fourth-order valence-corrected chi connectivity index (χ4v) is 1.78. The maximum Gasteiger partial charge on any atom is 0.142 e. The minimum Gasteiger partial charge on any atom is -0.253 e. The second-order valence-electron chi connectivity index (χ2n) is 3.88. The molecular formula is C13H14FN. The summed E-state index contributed by atoms with van der Waals surface area (Å²) in [5.74, 6) is 0.190. The number of benzene rings is 1. The lowest BCUT2D eigenvalue weighted by Crippen LogP contribution is -1.95. The summed E-state index contributed by atoms with van der Waals surface area (Å²) in [6.07, 6.45) is 2.35. The Bertz CT molecular complexity index is 479. The number of nitrogens with zero attached hydrogens (tertiary/aromatic N) is 1. The summed E-state index contributed by atoms with van der Waals surface area (Å²) >= 11 is 0. The van der Waals surface area contributed by atoms with E-state index in [1.165, 1.54) is 17.8 Å². The highest BCUT2D eigenvalue weighted by Crippen LogP contribution is 2.26. The number of hydrogen-bond donors (Lipinski definition) is 0. The Kier molecular flexibility index (Phi) is 2.67. The van der Waals surface area contributed by atoms with Gasteiger partial charge in [-0.1, -0.05) is 32.0 Å². The highest BCUT2D eigenvalue weighted by molar-refractivity contribution is 5.82. The first-order valence-electron chi connectivity index (χ1n) is 5.26. The lowest BCUT2D eigenvalue weighted by Gasteiger charge is -2.11. The Hall–Kier alpha value is -1.44. The molecule has 0 N–H and O–H groups in total. The molecule has 0 aliphatic carbocycles. The van der Waals surface area contributed by atoms with Crippen LogP contribution >= 0.6 is 0 Å². The summed E-state index contributed by atoms with van der Waals surface area (Å²) in [5, 5.41) is 0.882. The Balaban J connectivity index is 2.66. The van der Waals surface area contributed by atoms with Gasteiger partial charge in [0.05, 0.1) is 11.7 Å². The van der Waals surface area contributed by atoms with Crippen LogP contribution in [-0.4, -0.2) is 4.98 Å². The molecule has 0 amide bonds. The van der Waals surface area contributed by atoms with Crippen molar-refractivity contribution in [3.63, 3.8) is 0 Å². The maximum absolute atomic E-state index is 13.0. The van der Waals surface area contributed by atoms with E-state index in [1.54, 1.807) is 0 Å². The van der Waals surface area contributed by atoms with Crippen LogP contribution in [0, 0.1) is 5.82 Å². The summed E-state index contributed by atoms with van der Waals surface area (Å²) in [7, 11) is 0. The van der Waals surface area contributed by atoms with E-state index in [0.717, 1.165) is 17.3 Å². The SMILES string of the molecule is CCC(C)c1cccc2cc(F)cnc12. The molecule has 2 heteroatoms. The van der Waals surface area contributed by atoms with Gasteiger partial charge in [0.15, 0.2) is 0 Å². The van der Waals surface area contributed by atoms with Crippen molar-refractivity contribution in [2.24, 2.45) is 0 Å². The summed E-state index contributed by atoms with van der Waals surface area (Å²) in [5.41, 5.74) is 2.13. The maximum atomic E-state index is 13.0. The molecular weight excluding hydrogens is 189 g/mol. The van der Waals surface area contributed by atoms with Crippen LogP contribution in [0.3, 0.4) is 0 Å². The van der Waals surface area contributed by atoms with Crippen LogP contribution in [0.1, 0.15) is 31.7 Å². The number of halogens is 1. The smallest absolute Gasteiger partial charge is 0.142 e. The zero-order valence-electron chi connectivity index (χ0n) is 9.00. The number of fused-ring (bicyclic) bond motifs is 1. The number of aromatic nitrogens is 1. The second kappa shape index (κ2) is 3.97. The van der Waals surface area contributed by atoms with Gasteiger partial charge < -0.3 is 0 Å². The molecule has 15 heavy (non-hydrogen) atoms. The van der Waals surface area contributed by atoms with Gasteiger partial charge in [-0.05, 0) is 24.0 Å². The molecule has 78 valence electrons. The van der Waals surface area contributed by atoms with E-state index in [-0.39, 0.29) is 5.82 Å². The normalized spacial score (nSPS) is 13.0. The van der Waals surface area contributed by atoms with E-state index in [0.29, 0.717) is 5.92 Å². The van der Waals surface area contributed by atoms with Crippen molar-refractivity contribution in [3.8, 4) is 0 Å². The molecule has 1 atom stereocenters. The molecule has 1 aromatic heterocycles. The highest BCUT2D eigenvalue weighted by Gasteiger charge is 2.08. The van der Waals surface area contributed by atoms with Crippen LogP contribution in [0.15, 0.2) is 30.5 Å². The van der Waals surface area contributed by atoms with Gasteiger partial charge in [0.1, 0.15) is 5.82 Å². The van der Waals surface area contributed by atoms with Crippen LogP contribution in [0.4, 0.5) is 4.39 Å². The molecule has 0 radical (unpaired) electrons. The van der Waals surface area contributed by atoms with E-state index in [9.17, 15) is 4.39 Å². The fraction of sp³-hybridized carbons (Fsp3) is 0.308. The van der Waals surface area contributed by atoms with Gasteiger partial charge in [-0.2, -0.15) is 0 Å². The van der Waals surface area contributed by atoms with Crippen LogP contribution < -0.4 is 0 Å². The zero-order chi connectivity index (χ0) is 10.8. The summed E-state index contributed by atoms with van der Waals surface area (Å²) < 4.78 is 13.0. The predicted molar refractivity (Wildman–Crippen MR) is 60.4 cm³/mol. The third-order valence-electron chi connectivity index (χ3n) is 2.85. The highest BCUT2D eigenvalue weighted by atomic mass is 19.1. The number of pyridine rings is 1. The minimum absolute atomic E-state index is 0.274. The van der Waals surface area contributed by atoms with Crippen molar-refractivity contribution in [1.29, 1.82) is 0 Å². The zero-order valence-corrected chi connectivity index (χ0v) is 9.00. The standard InChI is InChI=1S/C13H14FN/c1-3-9(2)12-6-4-5-10-7-11(14)8-15-13(10)12/h4-9H,3H2,1-2H3. The molecule has 2 rings (SSSR count). The monoisotopic (exact) mass is 203 g/mol. The first-order valence-corrected chi connectivity index (χ1v) is 5.26. The first kappa shape index (κ1) is 10.1. The summed E-state index contributed by atoms with van der Waals surface area (Å²) in [6, 6.07) is 7.47. The van der Waals surface area contributed by atoms with Crippen LogP contribution in [0.5, 0.6) is 0 Å². The molecule has 1 unspecified atom stereocenters. The van der Waals surface area contributed by atoms with Gasteiger partial charge in [0, 0.05) is 5.39 Å². The van der Waals surface area contributed by atoms with Gasteiger partial charge in [-0.15, -0.1) is 0 Å². The van der Waals surface area contributed by atoms with Crippen molar-refractivity contribution in [1.82, 2.24) is 4.98 Å². The van der Waals surface area contributed by atoms with Gasteiger partial charge in [0.25, 0.3) is 0 Å². The van der Waals surface area contributed by atoms with Gasteiger partial charge in [0.2, 0.25) is 0 Å². The number of hydrogen-bond acceptors (Lipinski definition) is 1. The Morgan fingerprint density at radius 2 is 2.20 bits per heavy atom. The van der Waals surface area contributed by atoms with Crippen molar-refractivity contribution in [2.45, 2.75) is 26.2 Å². The molecule has 0 saturated heterocycles.